The molecule has 1 saturated heterocycles. The fourth-order valence-electron chi connectivity index (χ4n) is 2.79. The molecule has 9 nitrogen and oxygen atoms in total. The number of aromatic nitrogens is 3. The summed E-state index contributed by atoms with van der Waals surface area (Å²) in [5.74, 6) is 0.141. The molecule has 1 fully saturated rings. The van der Waals surface area contributed by atoms with E-state index in [1.165, 1.54) is 23.0 Å². The minimum atomic E-state index is -0.477. The Balaban J connectivity index is 1.76. The van der Waals surface area contributed by atoms with E-state index in [0.29, 0.717) is 31.3 Å². The van der Waals surface area contributed by atoms with Gasteiger partial charge in [0, 0.05) is 37.7 Å². The van der Waals surface area contributed by atoms with Gasteiger partial charge in [0.15, 0.2) is 5.69 Å². The number of rotatable bonds is 6. The molecule has 0 spiro atoms. The van der Waals surface area contributed by atoms with Crippen molar-refractivity contribution in [2.75, 3.05) is 26.3 Å². The van der Waals surface area contributed by atoms with Crippen molar-refractivity contribution in [1.29, 1.82) is 0 Å². The van der Waals surface area contributed by atoms with Crippen LogP contribution >= 0.6 is 0 Å². The van der Waals surface area contributed by atoms with Crippen LogP contribution < -0.4 is 0 Å². The molecule has 0 aliphatic carbocycles. The molecule has 2 aromatic rings. The number of carbonyl (C=O) groups is 1. The Kier molecular flexibility index (Phi) is 5.03. The average molecular weight is 345 g/mol. The van der Waals surface area contributed by atoms with Crippen molar-refractivity contribution >= 4 is 11.6 Å². The quantitative estimate of drug-likeness (QED) is 0.583. The van der Waals surface area contributed by atoms with Crippen molar-refractivity contribution in [3.05, 3.63) is 46.3 Å². The second kappa shape index (κ2) is 7.39. The van der Waals surface area contributed by atoms with Gasteiger partial charge in [-0.05, 0) is 19.4 Å². The molecule has 132 valence electrons. The van der Waals surface area contributed by atoms with Gasteiger partial charge in [-0.1, -0.05) is 11.3 Å². The first-order chi connectivity index (χ1) is 12.1. The Bertz CT molecular complexity index is 769. The maximum atomic E-state index is 12.6. The summed E-state index contributed by atoms with van der Waals surface area (Å²) in [6.45, 7) is 4.51. The monoisotopic (exact) mass is 345 g/mol. The van der Waals surface area contributed by atoms with E-state index < -0.39 is 4.92 Å². The van der Waals surface area contributed by atoms with Gasteiger partial charge in [-0.3, -0.25) is 14.9 Å². The third-order valence-electron chi connectivity index (χ3n) is 4.19. The molecule has 0 saturated carbocycles. The van der Waals surface area contributed by atoms with Crippen LogP contribution in [0.2, 0.25) is 0 Å². The fraction of sp³-hybridized carbons (Fsp3) is 0.438. The third-order valence-corrected chi connectivity index (χ3v) is 4.19. The lowest BCUT2D eigenvalue weighted by atomic mass is 10.1. The first kappa shape index (κ1) is 17.0. The highest BCUT2D eigenvalue weighted by Gasteiger charge is 2.24. The zero-order valence-corrected chi connectivity index (χ0v) is 13.9. The van der Waals surface area contributed by atoms with E-state index in [2.05, 4.69) is 10.3 Å². The lowest BCUT2D eigenvalue weighted by molar-refractivity contribution is -0.384. The number of nitro groups is 1. The van der Waals surface area contributed by atoms with Crippen LogP contribution in [0, 0.1) is 16.0 Å². The number of amides is 1. The van der Waals surface area contributed by atoms with E-state index in [1.807, 2.05) is 6.92 Å². The number of non-ortho nitro benzene ring substituents is 1. The number of nitro benzene ring substituents is 1. The van der Waals surface area contributed by atoms with Crippen molar-refractivity contribution < 1.29 is 14.5 Å². The molecule has 1 aliphatic heterocycles. The Hall–Kier alpha value is -2.81. The van der Waals surface area contributed by atoms with Gasteiger partial charge in [0.2, 0.25) is 0 Å². The lowest BCUT2D eigenvalue weighted by Gasteiger charge is -2.22. The number of carbonyl (C=O) groups excluding carboxylic acids is 1. The summed E-state index contributed by atoms with van der Waals surface area (Å²) in [4.78, 5) is 24.8. The molecule has 1 aromatic heterocycles. The minimum absolute atomic E-state index is 0.0442. The molecule has 0 unspecified atom stereocenters. The number of benzene rings is 1. The molecule has 0 N–H and O–H groups in total. The summed E-state index contributed by atoms with van der Waals surface area (Å²) < 4.78 is 6.72. The van der Waals surface area contributed by atoms with Crippen molar-refractivity contribution in [2.45, 2.75) is 13.3 Å². The molecule has 1 amide bonds. The molecule has 0 radical (unpaired) electrons. The van der Waals surface area contributed by atoms with Crippen molar-refractivity contribution in [3.8, 4) is 5.69 Å². The smallest absolute Gasteiger partial charge is 0.276 e. The lowest BCUT2D eigenvalue weighted by Crippen LogP contribution is -2.35. The van der Waals surface area contributed by atoms with Gasteiger partial charge in [-0.2, -0.15) is 0 Å². The maximum absolute atomic E-state index is 12.6. The topological polar surface area (TPSA) is 103 Å². The Morgan fingerprint density at radius 2 is 2.36 bits per heavy atom. The number of nitrogens with zero attached hydrogens (tertiary/aromatic N) is 5. The van der Waals surface area contributed by atoms with E-state index in [4.69, 9.17) is 4.74 Å². The first-order valence-corrected chi connectivity index (χ1v) is 8.12. The maximum Gasteiger partial charge on any atom is 0.276 e. The van der Waals surface area contributed by atoms with Crippen LogP contribution in [0.1, 0.15) is 23.8 Å². The highest BCUT2D eigenvalue weighted by Crippen LogP contribution is 2.18. The summed E-state index contributed by atoms with van der Waals surface area (Å²) >= 11 is 0. The molecule has 25 heavy (non-hydrogen) atoms. The normalized spacial score (nSPS) is 16.8. The Morgan fingerprint density at radius 1 is 1.52 bits per heavy atom. The summed E-state index contributed by atoms with van der Waals surface area (Å²) in [6.07, 6.45) is 2.44. The van der Waals surface area contributed by atoms with E-state index in [1.54, 1.807) is 17.0 Å². The van der Waals surface area contributed by atoms with Crippen LogP contribution in [0.5, 0.6) is 0 Å². The zero-order chi connectivity index (χ0) is 17.8. The van der Waals surface area contributed by atoms with Gasteiger partial charge in [-0.25, -0.2) is 4.68 Å². The van der Waals surface area contributed by atoms with Gasteiger partial charge in [0.25, 0.3) is 11.6 Å². The van der Waals surface area contributed by atoms with Crippen LogP contribution in [-0.4, -0.2) is 57.0 Å². The molecule has 9 heteroatoms. The second-order valence-corrected chi connectivity index (χ2v) is 5.90. The predicted octanol–water partition coefficient (Wildman–Crippen LogP) is 1.67. The molecular weight excluding hydrogens is 326 g/mol. The number of hydrogen-bond donors (Lipinski definition) is 0. The summed E-state index contributed by atoms with van der Waals surface area (Å²) in [5.41, 5.74) is 0.651. The van der Waals surface area contributed by atoms with Crippen molar-refractivity contribution in [3.63, 3.8) is 0 Å². The van der Waals surface area contributed by atoms with Crippen LogP contribution in [0.3, 0.4) is 0 Å². The second-order valence-electron chi connectivity index (χ2n) is 5.90. The van der Waals surface area contributed by atoms with Crippen LogP contribution in [-0.2, 0) is 4.74 Å². The predicted molar refractivity (Wildman–Crippen MR) is 88.5 cm³/mol. The van der Waals surface area contributed by atoms with E-state index in [0.717, 1.165) is 13.0 Å². The highest BCUT2D eigenvalue weighted by molar-refractivity contribution is 5.92. The van der Waals surface area contributed by atoms with E-state index in [-0.39, 0.29) is 17.3 Å². The minimum Gasteiger partial charge on any atom is -0.381 e. The van der Waals surface area contributed by atoms with Crippen LogP contribution in [0.15, 0.2) is 30.5 Å². The third kappa shape index (κ3) is 3.82. The molecule has 0 bridgehead atoms. The SMILES string of the molecule is CCN(C[C@@H]1CCOC1)C(=O)c1cn(-c2cccc([N+](=O)[O-])c2)nn1. The molecule has 2 heterocycles. The molecule has 1 aliphatic rings. The van der Waals surface area contributed by atoms with E-state index in [9.17, 15) is 14.9 Å². The fourth-order valence-corrected chi connectivity index (χ4v) is 2.79. The Morgan fingerprint density at radius 3 is 3.04 bits per heavy atom. The van der Waals surface area contributed by atoms with Gasteiger partial charge >= 0.3 is 0 Å². The van der Waals surface area contributed by atoms with Crippen LogP contribution in [0.4, 0.5) is 5.69 Å². The van der Waals surface area contributed by atoms with Crippen molar-refractivity contribution in [1.82, 2.24) is 19.9 Å². The highest BCUT2D eigenvalue weighted by atomic mass is 16.6. The standard InChI is InChI=1S/C16H19N5O4/c1-2-19(9-12-6-7-25-11-12)16(22)15-10-20(18-17-15)13-4-3-5-14(8-13)21(23)24/h3-5,8,10,12H,2,6-7,9,11H2,1H3/t12-/m0/s1. The largest absolute Gasteiger partial charge is 0.381 e. The van der Waals surface area contributed by atoms with Gasteiger partial charge in [0.05, 0.1) is 23.4 Å². The summed E-state index contributed by atoms with van der Waals surface area (Å²) in [7, 11) is 0. The van der Waals surface area contributed by atoms with Gasteiger partial charge in [-0.15, -0.1) is 5.10 Å². The van der Waals surface area contributed by atoms with Crippen molar-refractivity contribution in [2.24, 2.45) is 5.92 Å². The van der Waals surface area contributed by atoms with Gasteiger partial charge in [0.1, 0.15) is 0 Å². The summed E-state index contributed by atoms with van der Waals surface area (Å²) in [5, 5.41) is 18.7. The summed E-state index contributed by atoms with van der Waals surface area (Å²) in [6, 6.07) is 6.02. The Labute approximate surface area is 144 Å². The zero-order valence-electron chi connectivity index (χ0n) is 13.9. The number of ether oxygens (including phenoxy) is 1. The molecule has 1 aromatic carbocycles. The van der Waals surface area contributed by atoms with Gasteiger partial charge < -0.3 is 9.64 Å². The first-order valence-electron chi connectivity index (χ1n) is 8.12. The molecular formula is C16H19N5O4. The average Bonchev–Trinajstić information content (AvgIpc) is 3.31. The van der Waals surface area contributed by atoms with Crippen LogP contribution in [0.25, 0.3) is 5.69 Å². The molecule has 3 rings (SSSR count). The molecule has 1 atom stereocenters. The van der Waals surface area contributed by atoms with E-state index >= 15 is 0 Å². The number of hydrogen-bond acceptors (Lipinski definition) is 6.